The van der Waals surface area contributed by atoms with Crippen LogP contribution in [0, 0.1) is 18.8 Å². The normalized spacial score (nSPS) is 28.7. The highest BCUT2D eigenvalue weighted by Crippen LogP contribution is 2.67. The van der Waals surface area contributed by atoms with Gasteiger partial charge in [-0.15, -0.1) is 18.3 Å². The highest BCUT2D eigenvalue weighted by Gasteiger charge is 2.74. The number of aliphatic carboxylic acids is 1. The zero-order valence-electron chi connectivity index (χ0n) is 20.4. The Morgan fingerprint density at radius 2 is 2.00 bits per heavy atom. The number of rotatable bonds is 8. The van der Waals surface area contributed by atoms with Crippen LogP contribution in [-0.4, -0.2) is 62.1 Å². The van der Waals surface area contributed by atoms with Crippen molar-refractivity contribution in [3.63, 3.8) is 0 Å². The lowest BCUT2D eigenvalue weighted by molar-refractivity contribution is -0.149. The molecule has 2 N–H and O–H groups in total. The number of fused-ring (bicyclic) bond motifs is 1. The molecule has 3 heterocycles. The predicted octanol–water partition coefficient (Wildman–Crippen LogP) is 4.08. The van der Waals surface area contributed by atoms with Gasteiger partial charge in [-0.2, -0.15) is 0 Å². The molecular formula is C28H29ClN2O5S. The van der Waals surface area contributed by atoms with Gasteiger partial charge < -0.3 is 20.0 Å². The van der Waals surface area contributed by atoms with Crippen molar-refractivity contribution < 1.29 is 24.6 Å². The van der Waals surface area contributed by atoms with Crippen LogP contribution < -0.4 is 4.90 Å². The number of aryl methyl sites for hydroxylation is 1. The van der Waals surface area contributed by atoms with Crippen LogP contribution in [0.25, 0.3) is 0 Å². The minimum absolute atomic E-state index is 0.161. The van der Waals surface area contributed by atoms with E-state index >= 15 is 0 Å². The minimum Gasteiger partial charge on any atom is -0.481 e. The number of carboxylic acids is 1. The van der Waals surface area contributed by atoms with Gasteiger partial charge >= 0.3 is 5.97 Å². The molecule has 0 saturated carbocycles. The van der Waals surface area contributed by atoms with Gasteiger partial charge in [-0.25, -0.2) is 0 Å². The first-order valence-electron chi connectivity index (χ1n) is 12.3. The van der Waals surface area contributed by atoms with Gasteiger partial charge in [0.1, 0.15) is 6.04 Å². The Kier molecular flexibility index (Phi) is 6.85. The first-order chi connectivity index (χ1) is 17.8. The van der Waals surface area contributed by atoms with E-state index in [-0.39, 0.29) is 17.7 Å². The monoisotopic (exact) mass is 540 g/mol. The smallest absolute Gasteiger partial charge is 0.308 e. The fourth-order valence-electron chi connectivity index (χ4n) is 6.55. The van der Waals surface area contributed by atoms with E-state index in [1.165, 1.54) is 16.7 Å². The molecule has 7 nitrogen and oxygen atoms in total. The molecule has 194 valence electrons. The van der Waals surface area contributed by atoms with Crippen molar-refractivity contribution in [2.75, 3.05) is 18.1 Å². The summed E-state index contributed by atoms with van der Waals surface area (Å²) in [6.45, 7) is 5.45. The van der Waals surface area contributed by atoms with Crippen LogP contribution >= 0.6 is 23.4 Å². The fraction of sp³-hybridized carbons (Fsp3) is 0.393. The number of thioether (sulfide) groups is 1. The average molecular weight is 541 g/mol. The van der Waals surface area contributed by atoms with Gasteiger partial charge in [-0.1, -0.05) is 60.1 Å². The van der Waals surface area contributed by atoms with Gasteiger partial charge in [0.05, 0.1) is 39.9 Å². The Balaban J connectivity index is 1.68. The molecule has 2 unspecified atom stereocenters. The Morgan fingerprint density at radius 1 is 1.27 bits per heavy atom. The van der Waals surface area contributed by atoms with Crippen molar-refractivity contribution in [1.29, 1.82) is 0 Å². The number of carboxylic acid groups (broad SMARTS) is 1. The second-order valence-corrected chi connectivity index (χ2v) is 11.9. The van der Waals surface area contributed by atoms with Crippen LogP contribution in [0.4, 0.5) is 5.69 Å². The molecule has 0 aromatic heterocycles. The second kappa shape index (κ2) is 9.82. The number of nitrogens with zero attached hydrogens (tertiary/aromatic N) is 2. The van der Waals surface area contributed by atoms with Crippen LogP contribution in [0.5, 0.6) is 0 Å². The quantitative estimate of drug-likeness (QED) is 0.490. The lowest BCUT2D eigenvalue weighted by atomic mass is 9.71. The molecule has 2 amide bonds. The molecule has 5 rings (SSSR count). The molecule has 37 heavy (non-hydrogen) atoms. The third-order valence-electron chi connectivity index (χ3n) is 7.99. The van der Waals surface area contributed by atoms with Gasteiger partial charge in [0.25, 0.3) is 5.91 Å². The van der Waals surface area contributed by atoms with Crippen LogP contribution in [0.15, 0.2) is 61.2 Å². The number of para-hydroxylation sites is 1. The summed E-state index contributed by atoms with van der Waals surface area (Å²) in [7, 11) is 0. The van der Waals surface area contributed by atoms with Crippen molar-refractivity contribution in [2.24, 2.45) is 11.8 Å². The Labute approximate surface area is 225 Å². The zero-order valence-corrected chi connectivity index (χ0v) is 22.0. The molecule has 2 aromatic carbocycles. The number of aliphatic hydroxyl groups is 1. The minimum atomic E-state index is -1.02. The molecule has 6 atom stereocenters. The van der Waals surface area contributed by atoms with E-state index < -0.39 is 47.1 Å². The van der Waals surface area contributed by atoms with E-state index in [0.29, 0.717) is 29.1 Å². The number of hydrogen-bond donors (Lipinski definition) is 2. The van der Waals surface area contributed by atoms with Crippen LogP contribution in [0.2, 0.25) is 5.02 Å². The molecule has 3 aliphatic heterocycles. The van der Waals surface area contributed by atoms with Gasteiger partial charge in [0.15, 0.2) is 0 Å². The second-order valence-electron chi connectivity index (χ2n) is 9.89. The van der Waals surface area contributed by atoms with E-state index in [0.717, 1.165) is 5.56 Å². The highest BCUT2D eigenvalue weighted by atomic mass is 35.5. The maximum absolute atomic E-state index is 14.6. The van der Waals surface area contributed by atoms with Crippen molar-refractivity contribution in [3.8, 4) is 0 Å². The Morgan fingerprint density at radius 3 is 2.62 bits per heavy atom. The van der Waals surface area contributed by atoms with Crippen LogP contribution in [-0.2, 0) is 14.4 Å². The lowest BCUT2D eigenvalue weighted by Crippen LogP contribution is -2.56. The van der Waals surface area contributed by atoms with E-state index in [2.05, 4.69) is 6.58 Å². The number of carbonyl (C=O) groups is 3. The molecule has 3 saturated heterocycles. The van der Waals surface area contributed by atoms with E-state index in [1.807, 2.05) is 31.2 Å². The summed E-state index contributed by atoms with van der Waals surface area (Å²) >= 11 is 8.04. The zero-order chi connectivity index (χ0) is 26.5. The molecule has 0 radical (unpaired) electrons. The van der Waals surface area contributed by atoms with Gasteiger partial charge in [-0.3, -0.25) is 14.4 Å². The number of benzene rings is 2. The first-order valence-corrected chi connectivity index (χ1v) is 13.6. The summed E-state index contributed by atoms with van der Waals surface area (Å²) in [6, 6.07) is 12.7. The average Bonchev–Trinajstić information content (AvgIpc) is 3.52. The SMILES string of the molecule is C=CCN(C(=O)C1N([C@H](CO)c2ccccc2)C(=O)[C@@H]2[C@H](C(=O)O)[C@@H]3CCC12S3)c1c(C)cccc1Cl. The maximum Gasteiger partial charge on any atom is 0.308 e. The molecule has 2 aromatic rings. The number of amides is 2. The van der Waals surface area contributed by atoms with Gasteiger partial charge in [0.2, 0.25) is 5.91 Å². The van der Waals surface area contributed by atoms with Crippen molar-refractivity contribution in [3.05, 3.63) is 77.3 Å². The standard InChI is InChI=1S/C28H29ClN2O5S/c1-3-14-30(23-16(2)8-7-11-18(23)29)26(34)24-28-13-12-20(37-28)21(27(35)36)22(28)25(33)31(24)19(15-32)17-9-5-4-6-10-17/h3-11,19-22,24,32H,1,12-15H2,2H3,(H,35,36)/t19-,20+,21-,22+,24?,28?/m1/s1. The Hall–Kier alpha value is -2.81. The summed E-state index contributed by atoms with van der Waals surface area (Å²) in [4.78, 5) is 44.2. The topological polar surface area (TPSA) is 98.2 Å². The highest BCUT2D eigenvalue weighted by molar-refractivity contribution is 8.02. The molecule has 0 aliphatic carbocycles. The number of halogens is 1. The molecule has 3 aliphatic rings. The molecule has 9 heteroatoms. The molecular weight excluding hydrogens is 512 g/mol. The first kappa shape index (κ1) is 25.8. The van der Waals surface area contributed by atoms with Crippen molar-refractivity contribution in [2.45, 2.75) is 41.8 Å². The largest absolute Gasteiger partial charge is 0.481 e. The van der Waals surface area contributed by atoms with E-state index in [1.54, 1.807) is 35.2 Å². The molecule has 1 spiro atoms. The van der Waals surface area contributed by atoms with Crippen molar-refractivity contribution >= 4 is 46.8 Å². The maximum atomic E-state index is 14.6. The number of likely N-dealkylation sites (tertiary alicyclic amines) is 1. The number of anilines is 1. The van der Waals surface area contributed by atoms with Crippen molar-refractivity contribution in [1.82, 2.24) is 4.90 Å². The third kappa shape index (κ3) is 3.88. The van der Waals surface area contributed by atoms with E-state index in [4.69, 9.17) is 11.6 Å². The molecule has 2 bridgehead atoms. The number of hydrogen-bond acceptors (Lipinski definition) is 5. The summed E-state index contributed by atoms with van der Waals surface area (Å²) in [6.07, 6.45) is 2.77. The summed E-state index contributed by atoms with van der Waals surface area (Å²) < 4.78 is -0.904. The Bertz CT molecular complexity index is 1240. The predicted molar refractivity (Wildman–Crippen MR) is 144 cm³/mol. The number of aliphatic hydroxyl groups excluding tert-OH is 1. The van der Waals surface area contributed by atoms with Crippen LogP contribution in [0.3, 0.4) is 0 Å². The summed E-state index contributed by atoms with van der Waals surface area (Å²) in [5, 5.41) is 20.8. The third-order valence-corrected chi connectivity index (χ3v) is 10.2. The molecule has 3 fully saturated rings. The fourth-order valence-corrected chi connectivity index (χ4v) is 9.07. The summed E-state index contributed by atoms with van der Waals surface area (Å²) in [5.74, 6) is -3.48. The van der Waals surface area contributed by atoms with Gasteiger partial charge in [-0.05, 0) is 37.0 Å². The lowest BCUT2D eigenvalue weighted by Gasteiger charge is -2.40. The van der Waals surface area contributed by atoms with E-state index in [9.17, 15) is 24.6 Å². The van der Waals surface area contributed by atoms with Gasteiger partial charge in [0, 0.05) is 11.8 Å². The van der Waals surface area contributed by atoms with Crippen LogP contribution in [0.1, 0.15) is 30.0 Å². The number of carbonyl (C=O) groups excluding carboxylic acids is 2. The summed E-state index contributed by atoms with van der Waals surface area (Å²) in [5.41, 5.74) is 2.01.